The van der Waals surface area contributed by atoms with Gasteiger partial charge in [0, 0.05) is 12.0 Å². The second-order valence-electron chi connectivity index (χ2n) is 3.25. The highest BCUT2D eigenvalue weighted by Crippen LogP contribution is 2.36. The summed E-state index contributed by atoms with van der Waals surface area (Å²) in [5, 5.41) is 9.40. The highest BCUT2D eigenvalue weighted by molar-refractivity contribution is 5.89. The van der Waals surface area contributed by atoms with Crippen molar-refractivity contribution in [3.63, 3.8) is 0 Å². The number of aliphatic hydroxyl groups excluding tert-OH is 1. The van der Waals surface area contributed by atoms with Gasteiger partial charge in [-0.2, -0.15) is 0 Å². The first-order valence-electron chi connectivity index (χ1n) is 4.43. The molecule has 0 spiro atoms. The minimum absolute atomic E-state index is 0.0272. The van der Waals surface area contributed by atoms with Crippen LogP contribution in [0, 0.1) is 0 Å². The summed E-state index contributed by atoms with van der Waals surface area (Å²) in [6.45, 7) is 2.12. The van der Waals surface area contributed by atoms with Gasteiger partial charge in [-0.05, 0) is 13.0 Å². The molecule has 0 aromatic heterocycles. The smallest absolute Gasteiger partial charge is 0.333 e. The van der Waals surface area contributed by atoms with Gasteiger partial charge in [0.1, 0.15) is 12.2 Å². The molecule has 13 heavy (non-hydrogen) atoms. The number of carbonyl (C=O) groups is 1. The molecule has 3 atom stereocenters. The lowest BCUT2D eigenvalue weighted by Crippen LogP contribution is -2.23. The average molecular weight is 185 g/mol. The average Bonchev–Trinajstić information content (AvgIpc) is 2.84. The quantitative estimate of drug-likeness (QED) is 0.374. The lowest BCUT2D eigenvalue weighted by molar-refractivity contribution is -0.138. The van der Waals surface area contributed by atoms with Crippen molar-refractivity contribution >= 4 is 5.97 Å². The second kappa shape index (κ2) is 3.12. The Morgan fingerprint density at radius 2 is 2.62 bits per heavy atom. The Hall–Kier alpha value is -0.870. The highest BCUT2D eigenvalue weighted by Gasteiger charge is 2.47. The summed E-state index contributed by atoms with van der Waals surface area (Å²) in [6, 6.07) is 0. The van der Waals surface area contributed by atoms with E-state index >= 15 is 0 Å². The van der Waals surface area contributed by atoms with Crippen LogP contribution in [0.4, 0.5) is 0 Å². The lowest BCUT2D eigenvalue weighted by Gasteiger charge is -2.11. The Morgan fingerprint density at radius 3 is 3.23 bits per heavy atom. The molecular weight excluding hydrogens is 173 g/mol. The first-order valence-corrected chi connectivity index (χ1v) is 4.43. The van der Waals surface area contributed by atoms with Gasteiger partial charge in [0.05, 0.1) is 12.7 Å². The van der Waals surface area contributed by atoms with E-state index in [0.29, 0.717) is 18.6 Å². The fourth-order valence-electron chi connectivity index (χ4n) is 1.58. The summed E-state index contributed by atoms with van der Waals surface area (Å²) in [5.74, 6) is -0.337. The number of fused-ring (bicyclic) bond motifs is 1. The van der Waals surface area contributed by atoms with Crippen LogP contribution in [0.1, 0.15) is 13.3 Å². The van der Waals surface area contributed by atoms with Gasteiger partial charge >= 0.3 is 5.97 Å². The highest BCUT2D eigenvalue weighted by atomic mass is 16.6. The van der Waals surface area contributed by atoms with E-state index < -0.39 is 6.10 Å². The largest absolute Gasteiger partial charge is 0.463 e. The van der Waals surface area contributed by atoms with Crippen LogP contribution in [-0.4, -0.2) is 36.0 Å². The second-order valence-corrected chi connectivity index (χ2v) is 3.25. The van der Waals surface area contributed by atoms with Gasteiger partial charge in [0.25, 0.3) is 0 Å². The molecule has 0 aromatic carbocycles. The molecule has 0 bridgehead atoms. The van der Waals surface area contributed by atoms with Crippen molar-refractivity contribution < 1.29 is 19.4 Å². The van der Waals surface area contributed by atoms with E-state index in [-0.39, 0.29) is 18.2 Å². The number of carbonyl (C=O) groups excluding carboxylic acids is 1. The van der Waals surface area contributed by atoms with Crippen LogP contribution in [0.5, 0.6) is 0 Å². The van der Waals surface area contributed by atoms with Gasteiger partial charge in [0.15, 0.2) is 0 Å². The van der Waals surface area contributed by atoms with Gasteiger partial charge in [-0.25, -0.2) is 4.79 Å². The standard InChI is InChI=1S/C9H12O4/c1-2-12-9(11)5-3-6(10)8-7(4-5)13-8/h3,6-8,10H,2,4H2,1H3/t6-,7+,8-/m1/s1/i9+1. The van der Waals surface area contributed by atoms with E-state index in [4.69, 9.17) is 9.47 Å². The van der Waals surface area contributed by atoms with E-state index in [1.807, 2.05) is 0 Å². The molecule has 4 heteroatoms. The number of epoxide rings is 1. The Labute approximate surface area is 76.1 Å². The number of hydrogen-bond donors (Lipinski definition) is 1. The Morgan fingerprint density at radius 1 is 1.85 bits per heavy atom. The van der Waals surface area contributed by atoms with Crippen LogP contribution in [0.25, 0.3) is 0 Å². The number of esters is 1. The van der Waals surface area contributed by atoms with Gasteiger partial charge in [-0.1, -0.05) is 0 Å². The molecule has 1 aliphatic heterocycles. The zero-order valence-electron chi connectivity index (χ0n) is 7.40. The maximum absolute atomic E-state index is 11.3. The maximum Gasteiger partial charge on any atom is 0.333 e. The minimum atomic E-state index is -0.641. The van der Waals surface area contributed by atoms with Gasteiger partial charge < -0.3 is 14.6 Å². The van der Waals surface area contributed by atoms with Crippen LogP contribution in [0.2, 0.25) is 0 Å². The molecule has 2 aliphatic rings. The molecule has 0 aromatic rings. The van der Waals surface area contributed by atoms with Crippen molar-refractivity contribution in [3.8, 4) is 0 Å². The molecule has 1 saturated heterocycles. The van der Waals surface area contributed by atoms with E-state index in [2.05, 4.69) is 0 Å². The van der Waals surface area contributed by atoms with Crippen LogP contribution >= 0.6 is 0 Å². The lowest BCUT2D eigenvalue weighted by atomic mass is 10.0. The maximum atomic E-state index is 11.3. The molecule has 72 valence electrons. The molecule has 4 nitrogen and oxygen atoms in total. The molecule has 0 amide bonds. The first-order chi connectivity index (χ1) is 6.22. The summed E-state index contributed by atoms with van der Waals surface area (Å²) in [6.07, 6.45) is 1.41. The van der Waals surface area contributed by atoms with Crippen molar-refractivity contribution in [1.29, 1.82) is 0 Å². The van der Waals surface area contributed by atoms with Crippen molar-refractivity contribution in [3.05, 3.63) is 11.6 Å². The van der Waals surface area contributed by atoms with Crippen molar-refractivity contribution in [2.75, 3.05) is 6.61 Å². The summed E-state index contributed by atoms with van der Waals surface area (Å²) < 4.78 is 9.96. The number of aliphatic hydroxyl groups is 1. The third kappa shape index (κ3) is 1.59. The molecule has 0 radical (unpaired) electrons. The van der Waals surface area contributed by atoms with Gasteiger partial charge in [-0.15, -0.1) is 0 Å². The van der Waals surface area contributed by atoms with E-state index in [9.17, 15) is 9.90 Å². The third-order valence-corrected chi connectivity index (χ3v) is 2.29. The van der Waals surface area contributed by atoms with Crippen LogP contribution < -0.4 is 0 Å². The molecule has 0 unspecified atom stereocenters. The first kappa shape index (κ1) is 8.72. The normalized spacial score (nSPS) is 36.2. The summed E-state index contributed by atoms with van der Waals surface area (Å²) in [5.41, 5.74) is 0.535. The van der Waals surface area contributed by atoms with Crippen molar-refractivity contribution in [2.45, 2.75) is 31.7 Å². The predicted molar refractivity (Wildman–Crippen MR) is 44.0 cm³/mol. The molecule has 0 saturated carbocycles. The van der Waals surface area contributed by atoms with Crippen LogP contribution in [0.15, 0.2) is 11.6 Å². The predicted octanol–water partition coefficient (Wildman–Crippen LogP) is 0.00790. The topological polar surface area (TPSA) is 59.1 Å². The zero-order chi connectivity index (χ0) is 9.42. The Balaban J connectivity index is 2.03. The van der Waals surface area contributed by atoms with Crippen LogP contribution in [0.3, 0.4) is 0 Å². The summed E-state index contributed by atoms with van der Waals surface area (Å²) in [7, 11) is 0. The summed E-state index contributed by atoms with van der Waals surface area (Å²) >= 11 is 0. The van der Waals surface area contributed by atoms with E-state index in [0.717, 1.165) is 0 Å². The van der Waals surface area contributed by atoms with Crippen molar-refractivity contribution in [1.82, 2.24) is 0 Å². The van der Waals surface area contributed by atoms with Gasteiger partial charge in [-0.3, -0.25) is 0 Å². The minimum Gasteiger partial charge on any atom is -0.463 e. The molecule has 1 aliphatic carbocycles. The van der Waals surface area contributed by atoms with E-state index in [1.165, 1.54) is 6.08 Å². The fourth-order valence-corrected chi connectivity index (χ4v) is 1.58. The fraction of sp³-hybridized carbons (Fsp3) is 0.667. The molecule has 1 fully saturated rings. The monoisotopic (exact) mass is 185 g/mol. The third-order valence-electron chi connectivity index (χ3n) is 2.29. The summed E-state index contributed by atoms with van der Waals surface area (Å²) in [4.78, 5) is 11.3. The SMILES string of the molecule is CCO[13C](=O)C1=C[C@@H](O)[C@H]2O[C@H]2C1. The van der Waals surface area contributed by atoms with Crippen LogP contribution in [-0.2, 0) is 14.3 Å². The molecular formula is C9H12O4. The molecule has 2 rings (SSSR count). The number of ether oxygens (including phenoxy) is 2. The van der Waals surface area contributed by atoms with Gasteiger partial charge in [0.2, 0.25) is 0 Å². The van der Waals surface area contributed by atoms with Crippen molar-refractivity contribution in [2.24, 2.45) is 0 Å². The molecule has 1 N–H and O–H groups in total. The number of hydrogen-bond acceptors (Lipinski definition) is 4. The van der Waals surface area contributed by atoms with E-state index in [1.54, 1.807) is 6.92 Å². The Bertz CT molecular complexity index is 258. The zero-order valence-corrected chi connectivity index (χ0v) is 7.40. The number of rotatable bonds is 2. The Kier molecular flexibility index (Phi) is 2.09. The molecule has 1 heterocycles.